The van der Waals surface area contributed by atoms with E-state index in [9.17, 15) is 0 Å². The molecule has 1 aromatic rings. The Bertz CT molecular complexity index is 337. The zero-order chi connectivity index (χ0) is 12.1. The van der Waals surface area contributed by atoms with Crippen LogP contribution in [-0.2, 0) is 17.8 Å². The van der Waals surface area contributed by atoms with Crippen LogP contribution in [-0.4, -0.2) is 19.3 Å². The maximum atomic E-state index is 5.58. The Labute approximate surface area is 103 Å². The van der Waals surface area contributed by atoms with Crippen LogP contribution in [0.15, 0.2) is 24.3 Å². The van der Waals surface area contributed by atoms with Gasteiger partial charge in [0.2, 0.25) is 0 Å². The smallest absolute Gasteiger partial charge is 0.0724 e. The van der Waals surface area contributed by atoms with Crippen LogP contribution in [0.3, 0.4) is 0 Å². The highest BCUT2D eigenvalue weighted by Gasteiger charge is 2.26. The molecule has 0 bridgehead atoms. The molecule has 0 aromatic heterocycles. The Kier molecular flexibility index (Phi) is 4.54. The fraction of sp³-hybridized carbons (Fsp3) is 0.571. The van der Waals surface area contributed by atoms with E-state index in [0.717, 1.165) is 6.54 Å². The third-order valence-electron chi connectivity index (χ3n) is 3.58. The van der Waals surface area contributed by atoms with Gasteiger partial charge in [-0.25, -0.2) is 0 Å². The van der Waals surface area contributed by atoms with E-state index in [-0.39, 0.29) is 0 Å². The van der Waals surface area contributed by atoms with Crippen LogP contribution in [0.1, 0.15) is 30.4 Å². The first-order valence-electron chi connectivity index (χ1n) is 6.37. The Balaban J connectivity index is 1.84. The van der Waals surface area contributed by atoms with Crippen molar-refractivity contribution in [2.45, 2.75) is 44.5 Å². The van der Waals surface area contributed by atoms with E-state index in [1.807, 2.05) is 0 Å². The molecule has 0 heterocycles. The predicted molar refractivity (Wildman–Crippen MR) is 69.6 cm³/mol. The highest BCUT2D eigenvalue weighted by molar-refractivity contribution is 5.22. The van der Waals surface area contributed by atoms with E-state index in [1.165, 1.54) is 30.4 Å². The Morgan fingerprint density at radius 3 is 2.59 bits per heavy atom. The van der Waals surface area contributed by atoms with Gasteiger partial charge in [-0.1, -0.05) is 24.3 Å². The van der Waals surface area contributed by atoms with Gasteiger partial charge in [-0.05, 0) is 30.4 Å². The van der Waals surface area contributed by atoms with E-state index < -0.39 is 0 Å². The molecule has 2 rings (SSSR count). The number of rotatable bonds is 5. The molecule has 0 aliphatic heterocycles. The zero-order valence-electron chi connectivity index (χ0n) is 10.5. The molecule has 3 nitrogen and oxygen atoms in total. The number of ether oxygens (including phenoxy) is 1. The van der Waals surface area contributed by atoms with Crippen molar-refractivity contribution in [1.82, 2.24) is 5.32 Å². The maximum Gasteiger partial charge on any atom is 0.0724 e. The molecular weight excluding hydrogens is 212 g/mol. The Morgan fingerprint density at radius 1 is 1.24 bits per heavy atom. The summed E-state index contributed by atoms with van der Waals surface area (Å²) in [6, 6.07) is 8.99. The van der Waals surface area contributed by atoms with Crippen LogP contribution in [0.2, 0.25) is 0 Å². The second-order valence-electron chi connectivity index (χ2n) is 4.71. The molecule has 0 saturated heterocycles. The lowest BCUT2D eigenvalue weighted by molar-refractivity contribution is 0.0847. The minimum absolute atomic E-state index is 0.387. The van der Waals surface area contributed by atoms with Crippen molar-refractivity contribution in [2.75, 3.05) is 7.11 Å². The minimum atomic E-state index is 0.387. The molecule has 3 N–H and O–H groups in total. The number of nitrogens with one attached hydrogen (secondary N) is 1. The molecule has 1 saturated carbocycles. The molecule has 2 unspecified atom stereocenters. The van der Waals surface area contributed by atoms with Gasteiger partial charge in [-0.2, -0.15) is 0 Å². The summed E-state index contributed by atoms with van der Waals surface area (Å²) in [5.74, 6) is 0. The van der Waals surface area contributed by atoms with Crippen molar-refractivity contribution in [2.24, 2.45) is 5.73 Å². The van der Waals surface area contributed by atoms with E-state index in [0.29, 0.717) is 18.7 Å². The number of hydrogen-bond donors (Lipinski definition) is 2. The van der Waals surface area contributed by atoms with E-state index in [1.54, 1.807) is 7.11 Å². The van der Waals surface area contributed by atoms with Crippen LogP contribution >= 0.6 is 0 Å². The highest BCUT2D eigenvalue weighted by Crippen LogP contribution is 2.21. The van der Waals surface area contributed by atoms with E-state index in [4.69, 9.17) is 10.5 Å². The molecule has 94 valence electrons. The molecule has 1 aliphatic rings. The van der Waals surface area contributed by atoms with Crippen molar-refractivity contribution >= 4 is 0 Å². The molecule has 1 aromatic carbocycles. The third kappa shape index (κ3) is 3.28. The summed E-state index contributed by atoms with van der Waals surface area (Å²) in [6.45, 7) is 1.53. The topological polar surface area (TPSA) is 47.3 Å². The second kappa shape index (κ2) is 6.15. The summed E-state index contributed by atoms with van der Waals surface area (Å²) in [5.41, 5.74) is 8.07. The molecule has 1 aliphatic carbocycles. The summed E-state index contributed by atoms with van der Waals surface area (Å²) in [6.07, 6.45) is 4.06. The van der Waals surface area contributed by atoms with Crippen molar-refractivity contribution in [3.63, 3.8) is 0 Å². The molecular formula is C14H22N2O. The average molecular weight is 234 g/mol. The molecule has 3 heteroatoms. The van der Waals surface area contributed by atoms with Gasteiger partial charge in [-0.3, -0.25) is 0 Å². The summed E-state index contributed by atoms with van der Waals surface area (Å²) < 4.78 is 5.47. The monoisotopic (exact) mass is 234 g/mol. The summed E-state index contributed by atoms with van der Waals surface area (Å²) >= 11 is 0. The third-order valence-corrected chi connectivity index (χ3v) is 3.58. The van der Waals surface area contributed by atoms with E-state index >= 15 is 0 Å². The molecule has 2 atom stereocenters. The average Bonchev–Trinajstić information content (AvgIpc) is 2.84. The van der Waals surface area contributed by atoms with Crippen LogP contribution in [0, 0.1) is 0 Å². The quantitative estimate of drug-likeness (QED) is 0.816. The van der Waals surface area contributed by atoms with Crippen LogP contribution in [0.25, 0.3) is 0 Å². The lowest BCUT2D eigenvalue weighted by atomic mass is 10.1. The summed E-state index contributed by atoms with van der Waals surface area (Å²) in [7, 11) is 1.81. The van der Waals surface area contributed by atoms with Crippen LogP contribution < -0.4 is 11.1 Å². The summed E-state index contributed by atoms with van der Waals surface area (Å²) in [4.78, 5) is 0. The van der Waals surface area contributed by atoms with Gasteiger partial charge in [0.05, 0.1) is 6.10 Å². The fourth-order valence-electron chi connectivity index (χ4n) is 2.48. The fourth-order valence-corrected chi connectivity index (χ4v) is 2.48. The Hall–Kier alpha value is -0.900. The molecule has 0 amide bonds. The first-order chi connectivity index (χ1) is 8.33. The van der Waals surface area contributed by atoms with Crippen molar-refractivity contribution < 1.29 is 4.74 Å². The number of hydrogen-bond acceptors (Lipinski definition) is 3. The van der Waals surface area contributed by atoms with Gasteiger partial charge < -0.3 is 15.8 Å². The van der Waals surface area contributed by atoms with Gasteiger partial charge in [0.25, 0.3) is 0 Å². The predicted octanol–water partition coefficient (Wildman–Crippen LogP) is 1.80. The number of benzene rings is 1. The Morgan fingerprint density at radius 2 is 1.94 bits per heavy atom. The van der Waals surface area contributed by atoms with Crippen LogP contribution in [0.4, 0.5) is 0 Å². The number of methoxy groups -OCH3 is 1. The first-order valence-corrected chi connectivity index (χ1v) is 6.37. The normalized spacial score (nSPS) is 24.1. The molecule has 17 heavy (non-hydrogen) atoms. The van der Waals surface area contributed by atoms with Gasteiger partial charge in [0.15, 0.2) is 0 Å². The second-order valence-corrected chi connectivity index (χ2v) is 4.71. The molecule has 0 radical (unpaired) electrons. The van der Waals surface area contributed by atoms with Crippen molar-refractivity contribution in [3.05, 3.63) is 35.4 Å². The SMILES string of the molecule is COC1CCCC1NCc1ccc(CN)cc1. The lowest BCUT2D eigenvalue weighted by Crippen LogP contribution is -2.36. The van der Waals surface area contributed by atoms with Crippen molar-refractivity contribution in [3.8, 4) is 0 Å². The first kappa shape index (κ1) is 12.6. The van der Waals surface area contributed by atoms with Crippen LogP contribution in [0.5, 0.6) is 0 Å². The molecule has 0 spiro atoms. The summed E-state index contributed by atoms with van der Waals surface area (Å²) in [5, 5.41) is 3.58. The van der Waals surface area contributed by atoms with Gasteiger partial charge in [-0.15, -0.1) is 0 Å². The molecule has 1 fully saturated rings. The van der Waals surface area contributed by atoms with Gasteiger partial charge >= 0.3 is 0 Å². The minimum Gasteiger partial charge on any atom is -0.380 e. The lowest BCUT2D eigenvalue weighted by Gasteiger charge is -2.19. The van der Waals surface area contributed by atoms with Gasteiger partial charge in [0, 0.05) is 26.2 Å². The number of nitrogens with two attached hydrogens (primary N) is 1. The standard InChI is InChI=1S/C14H22N2O/c1-17-14-4-2-3-13(14)16-10-12-7-5-11(9-15)6-8-12/h5-8,13-14,16H,2-4,9-10,15H2,1H3. The largest absolute Gasteiger partial charge is 0.380 e. The highest BCUT2D eigenvalue weighted by atomic mass is 16.5. The maximum absolute atomic E-state index is 5.58. The van der Waals surface area contributed by atoms with Crippen molar-refractivity contribution in [1.29, 1.82) is 0 Å². The van der Waals surface area contributed by atoms with Gasteiger partial charge in [0.1, 0.15) is 0 Å². The zero-order valence-corrected chi connectivity index (χ0v) is 10.5. The van der Waals surface area contributed by atoms with E-state index in [2.05, 4.69) is 29.6 Å².